The molecule has 2 aliphatic heterocycles. The third kappa shape index (κ3) is 5.35. The number of benzene rings is 5. The van der Waals surface area contributed by atoms with Crippen molar-refractivity contribution in [2.24, 2.45) is 0 Å². The van der Waals surface area contributed by atoms with Crippen molar-refractivity contribution in [3.05, 3.63) is 153 Å². The molecule has 4 nitrogen and oxygen atoms in total. The maximum Gasteiger partial charge on any atom is 0.138 e. The van der Waals surface area contributed by atoms with Crippen LogP contribution in [0.15, 0.2) is 36.5 Å². The highest BCUT2D eigenvalue weighted by Gasteiger charge is 2.36. The molecular weight excluding hydrogens is 705 g/mol. The highest BCUT2D eigenvalue weighted by atomic mass is 15.2. The average Bonchev–Trinajstić information content (AvgIpc) is 3.24. The second-order valence-corrected chi connectivity index (χ2v) is 17.6. The molecule has 0 aliphatic carbocycles. The molecule has 6 aromatic rings. The first-order valence-corrected chi connectivity index (χ1v) is 20.9. The Morgan fingerprint density at radius 3 is 1.10 bits per heavy atom. The van der Waals surface area contributed by atoms with Gasteiger partial charge in [0.05, 0.1) is 46.3 Å². The lowest BCUT2D eigenvalue weighted by atomic mass is 9.80. The predicted molar refractivity (Wildman–Crippen MR) is 245 cm³/mol. The summed E-state index contributed by atoms with van der Waals surface area (Å²) in [6.45, 7) is 36.6. The molecule has 0 radical (unpaired) electrons. The second-order valence-electron chi connectivity index (χ2n) is 17.6. The molecule has 2 aliphatic rings. The maximum atomic E-state index is 9.89. The van der Waals surface area contributed by atoms with Gasteiger partial charge in [-0.25, -0.2) is 4.98 Å². The summed E-state index contributed by atoms with van der Waals surface area (Å²) in [6.07, 6.45) is 3.95. The van der Waals surface area contributed by atoms with Gasteiger partial charge in [0.25, 0.3) is 0 Å². The third-order valence-electron chi connectivity index (χ3n) is 15.4. The van der Waals surface area contributed by atoms with Gasteiger partial charge >= 0.3 is 0 Å². The molecule has 0 saturated heterocycles. The zero-order valence-corrected chi connectivity index (χ0v) is 37.7. The van der Waals surface area contributed by atoms with Gasteiger partial charge < -0.3 is 4.90 Å². The standard InChI is InChI=1S/C54H58N4/c1-26-30(5)38(13)51-44(34(26)9)21-45-35(10)27(2)31(6)39(14)52(45)57(51)49-25-56-50(23-48(49)43-19-17-42(24-55)18-20-43)58-53-40(15)32(7)28(3)36(11)46(53)22-47-37(12)29(4)33(8)41(16)54(47)58/h17-20,23,25H,21-22H2,1-16H3. The molecule has 0 N–H and O–H groups in total. The number of anilines is 6. The van der Waals surface area contributed by atoms with E-state index in [0.29, 0.717) is 5.56 Å². The topological polar surface area (TPSA) is 43.2 Å². The minimum Gasteiger partial charge on any atom is -0.307 e. The first-order chi connectivity index (χ1) is 27.4. The zero-order chi connectivity index (χ0) is 42.0. The van der Waals surface area contributed by atoms with Crippen molar-refractivity contribution in [1.82, 2.24) is 4.98 Å². The number of nitrogens with zero attached hydrogens (tertiary/aromatic N) is 4. The quantitative estimate of drug-likeness (QED) is 0.180. The van der Waals surface area contributed by atoms with Crippen LogP contribution in [-0.4, -0.2) is 4.98 Å². The molecule has 0 amide bonds. The summed E-state index contributed by atoms with van der Waals surface area (Å²) in [7, 11) is 0. The van der Waals surface area contributed by atoms with E-state index in [1.807, 2.05) is 12.1 Å². The van der Waals surface area contributed by atoms with Crippen molar-refractivity contribution in [2.75, 3.05) is 9.80 Å². The first kappa shape index (κ1) is 39.2. The summed E-state index contributed by atoms with van der Waals surface area (Å²) in [5.74, 6) is 0.903. The van der Waals surface area contributed by atoms with Gasteiger partial charge in [0.2, 0.25) is 0 Å². The van der Waals surface area contributed by atoms with Crippen LogP contribution in [-0.2, 0) is 12.8 Å². The summed E-state index contributed by atoms with van der Waals surface area (Å²) in [6, 6.07) is 12.8. The van der Waals surface area contributed by atoms with Crippen LogP contribution in [0.2, 0.25) is 0 Å². The molecule has 0 atom stereocenters. The van der Waals surface area contributed by atoms with Crippen LogP contribution in [0.1, 0.15) is 117 Å². The van der Waals surface area contributed by atoms with Crippen LogP contribution in [0, 0.1) is 122 Å². The number of hydrogen-bond donors (Lipinski definition) is 0. The van der Waals surface area contributed by atoms with Gasteiger partial charge in [-0.05, 0) is 246 Å². The molecule has 3 heterocycles. The molecule has 1 aromatic heterocycles. The van der Waals surface area contributed by atoms with Crippen LogP contribution >= 0.6 is 0 Å². The van der Waals surface area contributed by atoms with Crippen LogP contribution in [0.25, 0.3) is 11.1 Å². The van der Waals surface area contributed by atoms with Crippen LogP contribution in [0.5, 0.6) is 0 Å². The molecule has 8 rings (SSSR count). The van der Waals surface area contributed by atoms with Crippen molar-refractivity contribution < 1.29 is 0 Å². The molecule has 4 heteroatoms. The normalized spacial score (nSPS) is 12.9. The van der Waals surface area contributed by atoms with E-state index in [-0.39, 0.29) is 0 Å². The Labute approximate surface area is 347 Å². The Kier molecular flexibility index (Phi) is 9.28. The monoisotopic (exact) mass is 762 g/mol. The van der Waals surface area contributed by atoms with E-state index in [1.165, 1.54) is 134 Å². The Morgan fingerprint density at radius 2 is 0.759 bits per heavy atom. The summed E-state index contributed by atoms with van der Waals surface area (Å²) < 4.78 is 0. The van der Waals surface area contributed by atoms with E-state index in [9.17, 15) is 5.26 Å². The number of fused-ring (bicyclic) bond motifs is 4. The Morgan fingerprint density at radius 1 is 0.431 bits per heavy atom. The molecule has 58 heavy (non-hydrogen) atoms. The van der Waals surface area contributed by atoms with Gasteiger partial charge in [-0.3, -0.25) is 4.90 Å². The van der Waals surface area contributed by atoms with Gasteiger partial charge in [-0.15, -0.1) is 0 Å². The van der Waals surface area contributed by atoms with Gasteiger partial charge in [0, 0.05) is 18.4 Å². The summed E-state index contributed by atoms with van der Waals surface area (Å²) in [5, 5.41) is 9.89. The molecule has 0 saturated carbocycles. The van der Waals surface area contributed by atoms with Crippen molar-refractivity contribution >= 4 is 34.3 Å². The van der Waals surface area contributed by atoms with E-state index in [0.717, 1.165) is 35.5 Å². The Balaban J connectivity index is 1.52. The number of aromatic nitrogens is 1. The van der Waals surface area contributed by atoms with Crippen LogP contribution in [0.3, 0.4) is 0 Å². The van der Waals surface area contributed by atoms with E-state index >= 15 is 0 Å². The van der Waals surface area contributed by atoms with Crippen LogP contribution < -0.4 is 9.80 Å². The minimum atomic E-state index is 0.649. The van der Waals surface area contributed by atoms with Crippen molar-refractivity contribution in [2.45, 2.75) is 124 Å². The van der Waals surface area contributed by atoms with E-state index in [2.05, 4.69) is 151 Å². The predicted octanol–water partition coefficient (Wildman–Crippen LogP) is 14.3. The molecular formula is C54H58N4. The van der Waals surface area contributed by atoms with Gasteiger partial charge in [0.1, 0.15) is 5.82 Å². The maximum absolute atomic E-state index is 9.89. The van der Waals surface area contributed by atoms with E-state index < -0.39 is 0 Å². The molecule has 0 fully saturated rings. The summed E-state index contributed by atoms with van der Waals surface area (Å²) in [4.78, 5) is 10.7. The third-order valence-corrected chi connectivity index (χ3v) is 15.4. The Hall–Kier alpha value is -5.66. The smallest absolute Gasteiger partial charge is 0.138 e. The molecule has 0 spiro atoms. The van der Waals surface area contributed by atoms with Gasteiger partial charge in [-0.1, -0.05) is 12.1 Å². The Bertz CT molecular complexity index is 2700. The summed E-state index contributed by atoms with van der Waals surface area (Å²) in [5.41, 5.74) is 35.9. The average molecular weight is 763 g/mol. The SMILES string of the molecule is Cc1c(C)c(C)c2c(c1C)Cc1c(C)c(C)c(C)c(C)c1N2c1cc(-c2ccc(C#N)cc2)c(N2c3c(C)c(C)c(C)c(C)c3Cc3c(C)c(C)c(C)c(C)c32)cn1. The number of rotatable bonds is 3. The van der Waals surface area contributed by atoms with Gasteiger partial charge in [0.15, 0.2) is 0 Å². The molecule has 5 aromatic carbocycles. The zero-order valence-electron chi connectivity index (χ0n) is 37.7. The van der Waals surface area contributed by atoms with E-state index in [1.54, 1.807) is 0 Å². The van der Waals surface area contributed by atoms with Crippen LogP contribution in [0.4, 0.5) is 34.3 Å². The highest BCUT2D eigenvalue weighted by Crippen LogP contribution is 2.55. The fourth-order valence-electron chi connectivity index (χ4n) is 10.3. The lowest BCUT2D eigenvalue weighted by molar-refractivity contribution is 0.979. The van der Waals surface area contributed by atoms with E-state index in [4.69, 9.17) is 4.98 Å². The first-order valence-electron chi connectivity index (χ1n) is 20.9. The van der Waals surface area contributed by atoms with Crippen molar-refractivity contribution in [1.29, 1.82) is 5.26 Å². The second kappa shape index (κ2) is 13.7. The number of pyridine rings is 1. The molecule has 0 unspecified atom stereocenters. The lowest BCUT2D eigenvalue weighted by Gasteiger charge is -2.41. The molecule has 294 valence electrons. The lowest BCUT2D eigenvalue weighted by Crippen LogP contribution is -2.26. The summed E-state index contributed by atoms with van der Waals surface area (Å²) >= 11 is 0. The van der Waals surface area contributed by atoms with Crippen molar-refractivity contribution in [3.63, 3.8) is 0 Å². The number of hydrogen-bond acceptors (Lipinski definition) is 4. The fraction of sp³-hybridized carbons (Fsp3) is 0.333. The van der Waals surface area contributed by atoms with Gasteiger partial charge in [-0.2, -0.15) is 5.26 Å². The molecule has 0 bridgehead atoms. The number of nitriles is 1. The van der Waals surface area contributed by atoms with Crippen molar-refractivity contribution in [3.8, 4) is 17.2 Å². The largest absolute Gasteiger partial charge is 0.307 e. The minimum absolute atomic E-state index is 0.649. The highest BCUT2D eigenvalue weighted by molar-refractivity contribution is 5.97. The fourth-order valence-corrected chi connectivity index (χ4v) is 10.3.